The predicted octanol–water partition coefficient (Wildman–Crippen LogP) is 5.26. The van der Waals surface area contributed by atoms with Crippen LogP contribution in [0.25, 0.3) is 33.4 Å². The second kappa shape index (κ2) is 7.95. The zero-order valence-electron chi connectivity index (χ0n) is 19.1. The van der Waals surface area contributed by atoms with Gasteiger partial charge in [0.1, 0.15) is 23.5 Å². The van der Waals surface area contributed by atoms with Crippen molar-refractivity contribution < 1.29 is 4.74 Å². The van der Waals surface area contributed by atoms with E-state index in [1.54, 1.807) is 6.20 Å². The van der Waals surface area contributed by atoms with Crippen LogP contribution in [0.2, 0.25) is 0 Å². The smallest absolute Gasteiger partial charge is 0.322 e. The summed E-state index contributed by atoms with van der Waals surface area (Å²) in [6.45, 7) is 1.91. The molecule has 5 aromatic rings. The largest absolute Gasteiger partial charge is 0.424 e. The standard InChI is InChI=1S/C27H24N6O/c1-16-12-13-29-27(32-16)34-21-10-8-18(9-11-21)22-23-25(28)30-15-31-26(23)33(2)24(22)20-7-6-17-4-3-5-19(17)14-20/h6-15H,3-5H2,1-2H3,(H2,28,30,31). The third kappa shape index (κ3) is 3.37. The van der Waals surface area contributed by atoms with E-state index in [4.69, 9.17) is 10.5 Å². The number of benzene rings is 2. The van der Waals surface area contributed by atoms with E-state index in [-0.39, 0.29) is 0 Å². The van der Waals surface area contributed by atoms with Crippen molar-refractivity contribution >= 4 is 16.9 Å². The summed E-state index contributed by atoms with van der Waals surface area (Å²) >= 11 is 0. The molecule has 3 aromatic heterocycles. The lowest BCUT2D eigenvalue weighted by Gasteiger charge is -2.11. The van der Waals surface area contributed by atoms with Crippen molar-refractivity contribution in [3.05, 3.63) is 77.9 Å². The van der Waals surface area contributed by atoms with Crippen LogP contribution in [0.4, 0.5) is 5.82 Å². The molecule has 0 saturated carbocycles. The number of rotatable bonds is 4. The Kier molecular flexibility index (Phi) is 4.76. The van der Waals surface area contributed by atoms with Gasteiger partial charge >= 0.3 is 6.01 Å². The van der Waals surface area contributed by atoms with Crippen molar-refractivity contribution in [2.45, 2.75) is 26.2 Å². The van der Waals surface area contributed by atoms with E-state index in [2.05, 4.69) is 42.7 Å². The Morgan fingerprint density at radius 3 is 2.53 bits per heavy atom. The second-order valence-electron chi connectivity index (χ2n) is 8.68. The summed E-state index contributed by atoms with van der Waals surface area (Å²) in [5, 5.41) is 0.858. The van der Waals surface area contributed by atoms with Gasteiger partial charge in [0, 0.05) is 24.5 Å². The number of ether oxygens (including phenoxy) is 1. The molecule has 0 saturated heterocycles. The maximum atomic E-state index is 6.39. The summed E-state index contributed by atoms with van der Waals surface area (Å²) in [7, 11) is 2.04. The minimum atomic E-state index is 0.328. The molecule has 6 rings (SSSR count). The number of nitrogens with zero attached hydrogens (tertiary/aromatic N) is 5. The highest BCUT2D eigenvalue weighted by Gasteiger charge is 2.23. The lowest BCUT2D eigenvalue weighted by atomic mass is 9.96. The topological polar surface area (TPSA) is 91.7 Å². The Balaban J connectivity index is 1.49. The molecule has 1 aliphatic rings. The molecule has 2 N–H and O–H groups in total. The number of nitrogen functional groups attached to an aromatic ring is 1. The SMILES string of the molecule is Cc1ccnc(Oc2ccc(-c3c(-c4ccc5c(c4)CCC5)n(C)c4ncnc(N)c34)cc2)n1. The molecular weight excluding hydrogens is 424 g/mol. The number of anilines is 1. The minimum absolute atomic E-state index is 0.328. The zero-order chi connectivity index (χ0) is 23.2. The van der Waals surface area contributed by atoms with E-state index in [9.17, 15) is 0 Å². The number of nitrogens with two attached hydrogens (primary N) is 1. The van der Waals surface area contributed by atoms with Gasteiger partial charge in [0.25, 0.3) is 0 Å². The van der Waals surface area contributed by atoms with Crippen LogP contribution in [-0.4, -0.2) is 24.5 Å². The Labute approximate surface area is 197 Å². The summed E-state index contributed by atoms with van der Waals surface area (Å²) in [4.78, 5) is 17.4. The monoisotopic (exact) mass is 448 g/mol. The summed E-state index contributed by atoms with van der Waals surface area (Å²) in [5.41, 5.74) is 15.2. The Morgan fingerprint density at radius 2 is 1.71 bits per heavy atom. The van der Waals surface area contributed by atoms with E-state index in [0.29, 0.717) is 17.6 Å². The molecular formula is C27H24N6O. The van der Waals surface area contributed by atoms with Crippen LogP contribution in [-0.2, 0) is 19.9 Å². The van der Waals surface area contributed by atoms with Gasteiger partial charge in [0.15, 0.2) is 0 Å². The first-order chi connectivity index (χ1) is 16.6. The molecule has 34 heavy (non-hydrogen) atoms. The highest BCUT2D eigenvalue weighted by molar-refractivity contribution is 6.07. The highest BCUT2D eigenvalue weighted by atomic mass is 16.5. The molecule has 0 atom stereocenters. The highest BCUT2D eigenvalue weighted by Crippen LogP contribution is 2.42. The van der Waals surface area contributed by atoms with E-state index in [1.807, 2.05) is 44.3 Å². The molecule has 7 nitrogen and oxygen atoms in total. The van der Waals surface area contributed by atoms with Crippen LogP contribution in [0.5, 0.6) is 11.8 Å². The van der Waals surface area contributed by atoms with Crippen molar-refractivity contribution in [1.82, 2.24) is 24.5 Å². The van der Waals surface area contributed by atoms with Crippen molar-refractivity contribution in [2.75, 3.05) is 5.73 Å². The van der Waals surface area contributed by atoms with E-state index < -0.39 is 0 Å². The zero-order valence-corrected chi connectivity index (χ0v) is 19.1. The Morgan fingerprint density at radius 1 is 0.912 bits per heavy atom. The van der Waals surface area contributed by atoms with Gasteiger partial charge in [-0.15, -0.1) is 0 Å². The molecule has 0 spiro atoms. The molecule has 0 fully saturated rings. The summed E-state index contributed by atoms with van der Waals surface area (Å²) < 4.78 is 7.97. The fraction of sp³-hybridized carbons (Fsp3) is 0.185. The van der Waals surface area contributed by atoms with Crippen LogP contribution in [0.1, 0.15) is 23.2 Å². The summed E-state index contributed by atoms with van der Waals surface area (Å²) in [6.07, 6.45) is 6.70. The fourth-order valence-electron chi connectivity index (χ4n) is 4.88. The van der Waals surface area contributed by atoms with E-state index >= 15 is 0 Å². The van der Waals surface area contributed by atoms with Crippen LogP contribution >= 0.6 is 0 Å². The number of fused-ring (bicyclic) bond motifs is 2. The molecule has 0 amide bonds. The van der Waals surface area contributed by atoms with Crippen LogP contribution in [0.15, 0.2) is 61.1 Å². The Bertz CT molecular complexity index is 1540. The van der Waals surface area contributed by atoms with Gasteiger partial charge in [0.05, 0.1) is 11.1 Å². The maximum absolute atomic E-state index is 6.39. The van der Waals surface area contributed by atoms with Gasteiger partial charge in [0.2, 0.25) is 0 Å². The third-order valence-electron chi connectivity index (χ3n) is 6.49. The first kappa shape index (κ1) is 20.4. The van der Waals surface area contributed by atoms with Crippen molar-refractivity contribution in [1.29, 1.82) is 0 Å². The average Bonchev–Trinajstić information content (AvgIpc) is 3.42. The van der Waals surface area contributed by atoms with Crippen LogP contribution in [0, 0.1) is 6.92 Å². The molecule has 2 aromatic carbocycles. The lowest BCUT2D eigenvalue weighted by Crippen LogP contribution is -1.96. The normalized spacial score (nSPS) is 12.8. The van der Waals surface area contributed by atoms with Gasteiger partial charge in [-0.05, 0) is 72.7 Å². The van der Waals surface area contributed by atoms with Gasteiger partial charge in [-0.2, -0.15) is 0 Å². The fourth-order valence-corrected chi connectivity index (χ4v) is 4.88. The number of hydrogen-bond acceptors (Lipinski definition) is 6. The second-order valence-corrected chi connectivity index (χ2v) is 8.68. The van der Waals surface area contributed by atoms with Crippen molar-refractivity contribution in [2.24, 2.45) is 7.05 Å². The van der Waals surface area contributed by atoms with Gasteiger partial charge in [-0.25, -0.2) is 19.9 Å². The Hall–Kier alpha value is -4.26. The van der Waals surface area contributed by atoms with E-state index in [0.717, 1.165) is 52.0 Å². The molecule has 0 unspecified atom stereocenters. The first-order valence-corrected chi connectivity index (χ1v) is 11.4. The first-order valence-electron chi connectivity index (χ1n) is 11.4. The molecule has 0 radical (unpaired) electrons. The number of aryl methyl sites for hydroxylation is 4. The number of aromatic nitrogens is 5. The molecule has 7 heteroatoms. The van der Waals surface area contributed by atoms with Crippen LogP contribution < -0.4 is 10.5 Å². The summed E-state index contributed by atoms with van der Waals surface area (Å²) in [5.74, 6) is 1.13. The number of hydrogen-bond donors (Lipinski definition) is 1. The van der Waals surface area contributed by atoms with Gasteiger partial charge in [-0.1, -0.05) is 24.3 Å². The van der Waals surface area contributed by atoms with E-state index in [1.165, 1.54) is 23.9 Å². The average molecular weight is 449 g/mol. The van der Waals surface area contributed by atoms with Gasteiger partial charge < -0.3 is 15.0 Å². The summed E-state index contributed by atoms with van der Waals surface area (Å²) in [6, 6.07) is 16.9. The molecule has 1 aliphatic carbocycles. The molecule has 0 aliphatic heterocycles. The third-order valence-corrected chi connectivity index (χ3v) is 6.49. The maximum Gasteiger partial charge on any atom is 0.322 e. The molecule has 3 heterocycles. The lowest BCUT2D eigenvalue weighted by molar-refractivity contribution is 0.440. The van der Waals surface area contributed by atoms with Crippen molar-refractivity contribution in [3.63, 3.8) is 0 Å². The van der Waals surface area contributed by atoms with Crippen molar-refractivity contribution in [3.8, 4) is 34.1 Å². The molecule has 168 valence electrons. The molecule has 0 bridgehead atoms. The quantitative estimate of drug-likeness (QED) is 0.403. The van der Waals surface area contributed by atoms with Crippen LogP contribution in [0.3, 0.4) is 0 Å². The predicted molar refractivity (Wildman–Crippen MR) is 133 cm³/mol. The van der Waals surface area contributed by atoms with Gasteiger partial charge in [-0.3, -0.25) is 0 Å². The minimum Gasteiger partial charge on any atom is -0.424 e.